The van der Waals surface area contributed by atoms with Crippen LogP contribution in [0.25, 0.3) is 0 Å². The molecule has 1 atom stereocenters. The van der Waals surface area contributed by atoms with Gasteiger partial charge >= 0.3 is 0 Å². The van der Waals surface area contributed by atoms with Gasteiger partial charge in [0.25, 0.3) is 5.91 Å². The molecule has 1 fully saturated rings. The fourth-order valence-corrected chi connectivity index (χ4v) is 2.83. The number of carbonyl (C=O) groups excluding carboxylic acids is 1. The van der Waals surface area contributed by atoms with E-state index in [1.807, 2.05) is 30.9 Å². The van der Waals surface area contributed by atoms with Gasteiger partial charge in [-0.05, 0) is 50.8 Å². The van der Waals surface area contributed by atoms with Gasteiger partial charge in [-0.15, -0.1) is 0 Å². The summed E-state index contributed by atoms with van der Waals surface area (Å²) in [6.07, 6.45) is 8.77. The van der Waals surface area contributed by atoms with E-state index in [0.29, 0.717) is 18.0 Å². The van der Waals surface area contributed by atoms with Gasteiger partial charge in [0, 0.05) is 36.8 Å². The third kappa shape index (κ3) is 3.55. The van der Waals surface area contributed by atoms with E-state index in [1.165, 1.54) is 6.42 Å². The molecule has 1 amide bonds. The summed E-state index contributed by atoms with van der Waals surface area (Å²) in [6.45, 7) is 4.62. The Bertz CT molecular complexity index is 686. The zero-order chi connectivity index (χ0) is 16.9. The van der Waals surface area contributed by atoms with Gasteiger partial charge < -0.3 is 9.64 Å². The molecule has 5 heteroatoms. The predicted molar refractivity (Wildman–Crippen MR) is 91.9 cm³/mol. The summed E-state index contributed by atoms with van der Waals surface area (Å²) >= 11 is 0. The number of hydrogen-bond acceptors (Lipinski definition) is 4. The molecule has 0 aliphatic heterocycles. The fraction of sp³-hybridized carbons (Fsp3) is 0.421. The second-order valence-corrected chi connectivity index (χ2v) is 6.11. The lowest BCUT2D eigenvalue weighted by molar-refractivity contribution is 0.0699. The summed E-state index contributed by atoms with van der Waals surface area (Å²) in [6, 6.07) is 7.33. The molecule has 24 heavy (non-hydrogen) atoms. The Kier molecular flexibility index (Phi) is 5.08. The first kappa shape index (κ1) is 16.4. The van der Waals surface area contributed by atoms with Crippen LogP contribution in [0.5, 0.6) is 5.88 Å². The predicted octanol–water partition coefficient (Wildman–Crippen LogP) is 3.63. The van der Waals surface area contributed by atoms with Gasteiger partial charge in [-0.2, -0.15) is 0 Å². The van der Waals surface area contributed by atoms with Crippen molar-refractivity contribution in [2.75, 3.05) is 6.54 Å². The summed E-state index contributed by atoms with van der Waals surface area (Å²) in [5, 5.41) is 0. The Labute approximate surface area is 142 Å². The molecule has 0 spiro atoms. The standard InChI is InChI=1S/C19H23N3O2/c1-3-22(14(2)16-6-5-10-20-13-16)19(23)15-9-11-21-18(12-15)24-17-7-4-8-17/h5-6,9-14,17H,3-4,7-8H2,1-2H3/t14-/m0/s1. The van der Waals surface area contributed by atoms with Crippen molar-refractivity contribution in [2.45, 2.75) is 45.3 Å². The van der Waals surface area contributed by atoms with Crippen molar-refractivity contribution >= 4 is 5.91 Å². The zero-order valence-electron chi connectivity index (χ0n) is 14.2. The van der Waals surface area contributed by atoms with Gasteiger partial charge in [-0.3, -0.25) is 9.78 Å². The van der Waals surface area contributed by atoms with E-state index >= 15 is 0 Å². The highest BCUT2D eigenvalue weighted by Crippen LogP contribution is 2.26. The lowest BCUT2D eigenvalue weighted by Crippen LogP contribution is -2.33. The largest absolute Gasteiger partial charge is 0.474 e. The Morgan fingerprint density at radius 3 is 2.83 bits per heavy atom. The summed E-state index contributed by atoms with van der Waals surface area (Å²) < 4.78 is 5.81. The average Bonchev–Trinajstić information content (AvgIpc) is 2.59. The molecule has 2 heterocycles. The summed E-state index contributed by atoms with van der Waals surface area (Å²) in [4.78, 5) is 23.1. The SMILES string of the molecule is CCN(C(=O)c1ccnc(OC2CCC2)c1)[C@@H](C)c1cccnc1. The van der Waals surface area contributed by atoms with Crippen LogP contribution < -0.4 is 4.74 Å². The number of carbonyl (C=O) groups is 1. The van der Waals surface area contributed by atoms with Crippen LogP contribution in [-0.4, -0.2) is 33.4 Å². The minimum Gasteiger partial charge on any atom is -0.474 e. The number of rotatable bonds is 6. The summed E-state index contributed by atoms with van der Waals surface area (Å²) in [7, 11) is 0. The lowest BCUT2D eigenvalue weighted by Gasteiger charge is -2.29. The highest BCUT2D eigenvalue weighted by atomic mass is 16.5. The normalized spacial score (nSPS) is 15.4. The molecule has 1 aliphatic rings. The maximum atomic E-state index is 12.9. The second kappa shape index (κ2) is 7.43. The van der Waals surface area contributed by atoms with E-state index in [2.05, 4.69) is 9.97 Å². The molecular formula is C19H23N3O2. The number of nitrogens with zero attached hydrogens (tertiary/aromatic N) is 3. The molecule has 126 valence electrons. The van der Waals surface area contributed by atoms with Gasteiger partial charge in [-0.25, -0.2) is 4.98 Å². The smallest absolute Gasteiger partial charge is 0.254 e. The molecule has 0 bridgehead atoms. The van der Waals surface area contributed by atoms with Crippen LogP contribution in [0.1, 0.15) is 55.1 Å². The quantitative estimate of drug-likeness (QED) is 0.814. The van der Waals surface area contributed by atoms with Crippen molar-refractivity contribution in [1.29, 1.82) is 0 Å². The lowest BCUT2D eigenvalue weighted by atomic mass is 9.96. The first-order valence-corrected chi connectivity index (χ1v) is 8.52. The van der Waals surface area contributed by atoms with Crippen LogP contribution in [0.2, 0.25) is 0 Å². The van der Waals surface area contributed by atoms with Crippen LogP contribution in [-0.2, 0) is 0 Å². The van der Waals surface area contributed by atoms with Crippen molar-refractivity contribution in [3.05, 3.63) is 54.0 Å². The third-order valence-corrected chi connectivity index (χ3v) is 4.56. The fourth-order valence-electron chi connectivity index (χ4n) is 2.83. The number of aromatic nitrogens is 2. The molecule has 2 aromatic rings. The number of hydrogen-bond donors (Lipinski definition) is 0. The Balaban J connectivity index is 1.77. The molecule has 0 unspecified atom stereocenters. The third-order valence-electron chi connectivity index (χ3n) is 4.56. The van der Waals surface area contributed by atoms with Crippen molar-refractivity contribution in [3.63, 3.8) is 0 Å². The van der Waals surface area contributed by atoms with Crippen molar-refractivity contribution < 1.29 is 9.53 Å². The molecule has 1 saturated carbocycles. The minimum absolute atomic E-state index is 0.0188. The molecule has 5 nitrogen and oxygen atoms in total. The number of amides is 1. The van der Waals surface area contributed by atoms with Crippen LogP contribution in [0.15, 0.2) is 42.9 Å². The van der Waals surface area contributed by atoms with Gasteiger partial charge in [0.05, 0.1) is 6.04 Å². The molecule has 0 aromatic carbocycles. The van der Waals surface area contributed by atoms with Crippen molar-refractivity contribution in [3.8, 4) is 5.88 Å². The van der Waals surface area contributed by atoms with Gasteiger partial charge in [0.2, 0.25) is 5.88 Å². The zero-order valence-corrected chi connectivity index (χ0v) is 14.2. The molecule has 0 radical (unpaired) electrons. The van der Waals surface area contributed by atoms with Crippen molar-refractivity contribution in [1.82, 2.24) is 14.9 Å². The van der Waals surface area contributed by atoms with Gasteiger partial charge in [-0.1, -0.05) is 6.07 Å². The second-order valence-electron chi connectivity index (χ2n) is 6.11. The van der Waals surface area contributed by atoms with E-state index in [1.54, 1.807) is 30.7 Å². The molecule has 0 N–H and O–H groups in total. The number of pyridine rings is 2. The Hall–Kier alpha value is -2.43. The highest BCUT2D eigenvalue weighted by Gasteiger charge is 2.23. The van der Waals surface area contributed by atoms with Crippen molar-refractivity contribution in [2.24, 2.45) is 0 Å². The summed E-state index contributed by atoms with van der Waals surface area (Å²) in [5.74, 6) is 0.519. The molecule has 2 aromatic heterocycles. The van der Waals surface area contributed by atoms with Gasteiger partial charge in [0.1, 0.15) is 6.10 Å². The maximum absolute atomic E-state index is 12.9. The molecule has 3 rings (SSSR count). The average molecular weight is 325 g/mol. The van der Waals surface area contributed by atoms with Crippen LogP contribution in [0, 0.1) is 0 Å². The topological polar surface area (TPSA) is 55.3 Å². The first-order chi connectivity index (χ1) is 11.7. The monoisotopic (exact) mass is 325 g/mol. The van der Waals surface area contributed by atoms with E-state index in [9.17, 15) is 4.79 Å². The number of ether oxygens (including phenoxy) is 1. The highest BCUT2D eigenvalue weighted by molar-refractivity contribution is 5.94. The van der Waals surface area contributed by atoms with Crippen LogP contribution >= 0.6 is 0 Å². The Morgan fingerprint density at radius 2 is 2.21 bits per heavy atom. The molecular weight excluding hydrogens is 302 g/mol. The summed E-state index contributed by atoms with van der Waals surface area (Å²) in [5.41, 5.74) is 1.63. The molecule has 1 aliphatic carbocycles. The molecule has 0 saturated heterocycles. The van der Waals surface area contributed by atoms with E-state index in [4.69, 9.17) is 4.74 Å². The maximum Gasteiger partial charge on any atom is 0.254 e. The van der Waals surface area contributed by atoms with E-state index < -0.39 is 0 Å². The van der Waals surface area contributed by atoms with E-state index in [-0.39, 0.29) is 18.1 Å². The Morgan fingerprint density at radius 1 is 1.38 bits per heavy atom. The minimum atomic E-state index is -0.0413. The van der Waals surface area contributed by atoms with Crippen LogP contribution in [0.4, 0.5) is 0 Å². The van der Waals surface area contributed by atoms with Crippen LogP contribution in [0.3, 0.4) is 0 Å². The first-order valence-electron chi connectivity index (χ1n) is 8.52. The van der Waals surface area contributed by atoms with E-state index in [0.717, 1.165) is 18.4 Å². The van der Waals surface area contributed by atoms with Gasteiger partial charge in [0.15, 0.2) is 0 Å².